The Balaban J connectivity index is 1.36. The molecule has 9 nitrogen and oxygen atoms in total. The van der Waals surface area contributed by atoms with E-state index in [0.717, 1.165) is 49.8 Å². The van der Waals surface area contributed by atoms with E-state index in [4.69, 9.17) is 31.5 Å². The van der Waals surface area contributed by atoms with Crippen molar-refractivity contribution in [3.05, 3.63) is 34.4 Å². The molecule has 0 aliphatic carbocycles. The summed E-state index contributed by atoms with van der Waals surface area (Å²) in [4.78, 5) is 12.9. The van der Waals surface area contributed by atoms with Gasteiger partial charge in [-0.2, -0.15) is 15.2 Å². The van der Waals surface area contributed by atoms with Crippen molar-refractivity contribution in [3.8, 4) is 29.0 Å². The molecule has 0 saturated carbocycles. The molecule has 1 unspecified atom stereocenters. The van der Waals surface area contributed by atoms with Crippen molar-refractivity contribution in [2.75, 3.05) is 56.7 Å². The minimum absolute atomic E-state index is 0.00244. The molecule has 2 N–H and O–H groups in total. The van der Waals surface area contributed by atoms with Crippen molar-refractivity contribution in [1.82, 2.24) is 14.9 Å². The molecule has 15 heteroatoms. The molecule has 4 aromatic rings. The molecular weight excluding hydrogens is 660 g/mol. The zero-order valence-electron chi connectivity index (χ0n) is 25.2. The molecule has 2 aromatic heterocycles. The lowest BCUT2D eigenvalue weighted by Gasteiger charge is -2.33. The molecule has 3 atom stereocenters. The molecule has 4 aliphatic heterocycles. The molecule has 0 bridgehead atoms. The van der Waals surface area contributed by atoms with E-state index in [-0.39, 0.29) is 90.6 Å². The van der Waals surface area contributed by atoms with Gasteiger partial charge in [-0.05, 0) is 43.4 Å². The zero-order valence-corrected chi connectivity index (χ0v) is 26.8. The summed E-state index contributed by atoms with van der Waals surface area (Å²) >= 11 is 7.77. The maximum atomic E-state index is 17.1. The summed E-state index contributed by atoms with van der Waals surface area (Å²) in [6.07, 6.45) is 2.86. The van der Waals surface area contributed by atoms with Crippen LogP contribution >= 0.6 is 22.9 Å². The summed E-state index contributed by atoms with van der Waals surface area (Å²) in [5.41, 5.74) is 5.38. The van der Waals surface area contributed by atoms with Crippen LogP contribution in [0.4, 0.5) is 28.4 Å². The highest BCUT2D eigenvalue weighted by atomic mass is 35.5. The predicted octanol–water partition coefficient (Wildman–Crippen LogP) is 6.38. The maximum absolute atomic E-state index is 17.1. The van der Waals surface area contributed by atoms with Crippen molar-refractivity contribution < 1.29 is 31.8 Å². The van der Waals surface area contributed by atoms with E-state index in [0.29, 0.717) is 5.92 Å². The van der Waals surface area contributed by atoms with Crippen LogP contribution in [-0.4, -0.2) is 78.4 Å². The first-order valence-electron chi connectivity index (χ1n) is 15.4. The van der Waals surface area contributed by atoms with E-state index in [2.05, 4.69) is 21.8 Å². The Morgan fingerprint density at radius 2 is 2.06 bits per heavy atom. The number of nitrogens with zero attached hydrogens (tertiary/aromatic N) is 5. The summed E-state index contributed by atoms with van der Waals surface area (Å²) in [6.45, 7) is 2.96. The number of nitriles is 1. The average molecular weight is 689 g/mol. The Hall–Kier alpha value is -3.64. The molecule has 2 aromatic carbocycles. The lowest BCUT2D eigenvalue weighted by Crippen LogP contribution is -2.52. The van der Waals surface area contributed by atoms with Gasteiger partial charge < -0.3 is 24.8 Å². The number of rotatable bonds is 4. The van der Waals surface area contributed by atoms with E-state index < -0.39 is 36.8 Å². The highest BCUT2D eigenvalue weighted by Gasteiger charge is 2.50. The molecule has 3 fully saturated rings. The number of ether oxygens (including phenoxy) is 3. The Morgan fingerprint density at radius 1 is 1.23 bits per heavy atom. The molecular formula is C32H29ClF4N6O3S. The number of nitrogen functional groups attached to an aromatic ring is 1. The number of thiophene rings is 1. The van der Waals surface area contributed by atoms with E-state index in [1.165, 1.54) is 11.0 Å². The summed E-state index contributed by atoms with van der Waals surface area (Å²) in [7, 11) is 0. The molecule has 0 radical (unpaired) electrons. The van der Waals surface area contributed by atoms with Crippen LogP contribution in [0, 0.1) is 28.9 Å². The summed E-state index contributed by atoms with van der Waals surface area (Å²) < 4.78 is 80.7. The van der Waals surface area contributed by atoms with Crippen LogP contribution in [0.3, 0.4) is 0 Å². The summed E-state index contributed by atoms with van der Waals surface area (Å²) in [5.74, 6) is -4.57. The van der Waals surface area contributed by atoms with Crippen molar-refractivity contribution in [2.45, 2.75) is 43.7 Å². The fourth-order valence-corrected chi connectivity index (χ4v) is 9.17. The number of halogens is 5. The van der Waals surface area contributed by atoms with Gasteiger partial charge >= 0.3 is 6.01 Å². The number of hydrogen-bond donors (Lipinski definition) is 1. The Morgan fingerprint density at radius 3 is 2.87 bits per heavy atom. The second-order valence-electron chi connectivity index (χ2n) is 12.8. The van der Waals surface area contributed by atoms with Gasteiger partial charge in [0.1, 0.15) is 54.1 Å². The second kappa shape index (κ2) is 10.9. The van der Waals surface area contributed by atoms with Gasteiger partial charge in [0.2, 0.25) is 0 Å². The largest absolute Gasteiger partial charge is 0.489 e. The van der Waals surface area contributed by atoms with Crippen LogP contribution < -0.4 is 20.1 Å². The SMILES string of the molecule is C[C@H]1CN2CCC[C@@]2(COc2nc3c4c(c(Cl)c(-c5ccc(F)c6sc(N)c(C#N)c56)c(F)c4n2)OCC2N3CCOCC2(F)F)C1. The molecule has 246 valence electrons. The lowest BCUT2D eigenvalue weighted by molar-refractivity contribution is -0.0864. The van der Waals surface area contributed by atoms with Crippen LogP contribution in [0.15, 0.2) is 12.1 Å². The first-order chi connectivity index (χ1) is 22.5. The summed E-state index contributed by atoms with van der Waals surface area (Å²) in [5, 5.41) is 9.77. The molecule has 0 spiro atoms. The number of anilines is 2. The molecule has 3 saturated heterocycles. The Kier molecular flexibility index (Phi) is 7.15. The van der Waals surface area contributed by atoms with Crippen molar-refractivity contribution in [3.63, 3.8) is 0 Å². The van der Waals surface area contributed by atoms with Crippen LogP contribution in [-0.2, 0) is 4.74 Å². The fourth-order valence-electron chi connectivity index (χ4n) is 7.89. The van der Waals surface area contributed by atoms with Crippen molar-refractivity contribution in [2.24, 2.45) is 5.92 Å². The number of aromatic nitrogens is 2. The normalized spacial score (nSPS) is 25.3. The Labute approximate surface area is 275 Å². The standard InChI is InChI=1S/C32H29ClF4N6O3S/c1-15-9-31(5-2-6-42(31)11-15)13-46-30-40-25-22-26(45-12-19-32(36,37)14-44-8-7-43(19)29(22)41-30)23(33)21(24(25)35)16-3-4-18(34)27-20(16)17(10-38)28(39)47-27/h3-4,15,19H,2,5-9,11-14,39H2,1H3/t15-,19?,31+/m1/s1. The van der Waals surface area contributed by atoms with Gasteiger partial charge in [0, 0.05) is 24.0 Å². The number of hydrogen-bond acceptors (Lipinski definition) is 10. The smallest absolute Gasteiger partial charge is 0.319 e. The van der Waals surface area contributed by atoms with Gasteiger partial charge in [-0.3, -0.25) is 4.90 Å². The molecule has 6 heterocycles. The van der Waals surface area contributed by atoms with Gasteiger partial charge in [-0.1, -0.05) is 24.6 Å². The lowest BCUT2D eigenvalue weighted by atomic mass is 9.92. The number of benzene rings is 2. The zero-order chi connectivity index (χ0) is 32.8. The van der Waals surface area contributed by atoms with Gasteiger partial charge in [-0.15, -0.1) is 11.3 Å². The minimum atomic E-state index is -3.35. The molecule has 0 amide bonds. The molecule has 4 aliphatic rings. The van der Waals surface area contributed by atoms with E-state index in [9.17, 15) is 9.65 Å². The van der Waals surface area contributed by atoms with Gasteiger partial charge in [0.05, 0.1) is 32.8 Å². The van der Waals surface area contributed by atoms with Crippen LogP contribution in [0.2, 0.25) is 5.02 Å². The number of nitrogens with two attached hydrogens (primary N) is 1. The first kappa shape index (κ1) is 30.7. The van der Waals surface area contributed by atoms with E-state index >= 15 is 13.2 Å². The third-order valence-corrected chi connectivity index (χ3v) is 11.3. The minimum Gasteiger partial charge on any atom is -0.489 e. The third-order valence-electron chi connectivity index (χ3n) is 9.91. The van der Waals surface area contributed by atoms with Gasteiger partial charge in [0.25, 0.3) is 5.92 Å². The van der Waals surface area contributed by atoms with Gasteiger partial charge in [-0.25, -0.2) is 17.6 Å². The maximum Gasteiger partial charge on any atom is 0.319 e. The topological polar surface area (TPSA) is 110 Å². The Bertz CT molecular complexity index is 2010. The number of fused-ring (bicyclic) bond motifs is 4. The van der Waals surface area contributed by atoms with Crippen LogP contribution in [0.1, 0.15) is 31.7 Å². The predicted molar refractivity (Wildman–Crippen MR) is 170 cm³/mol. The average Bonchev–Trinajstić information content (AvgIpc) is 3.60. The highest BCUT2D eigenvalue weighted by Crippen LogP contribution is 2.52. The third kappa shape index (κ3) is 4.61. The van der Waals surface area contributed by atoms with Crippen LogP contribution in [0.25, 0.3) is 32.1 Å². The molecule has 8 rings (SSSR count). The van der Waals surface area contributed by atoms with E-state index in [1.807, 2.05) is 6.07 Å². The van der Waals surface area contributed by atoms with Crippen molar-refractivity contribution in [1.29, 1.82) is 5.26 Å². The first-order valence-corrected chi connectivity index (χ1v) is 16.6. The quantitative estimate of drug-likeness (QED) is 0.244. The molecule has 47 heavy (non-hydrogen) atoms. The highest BCUT2D eigenvalue weighted by molar-refractivity contribution is 7.23. The fraction of sp³-hybridized carbons (Fsp3) is 0.469. The van der Waals surface area contributed by atoms with Crippen molar-refractivity contribution >= 4 is 54.7 Å². The number of alkyl halides is 2. The van der Waals surface area contributed by atoms with Crippen LogP contribution in [0.5, 0.6) is 11.8 Å². The van der Waals surface area contributed by atoms with Gasteiger partial charge in [0.15, 0.2) is 11.6 Å². The van der Waals surface area contributed by atoms with E-state index in [1.54, 1.807) is 0 Å². The summed E-state index contributed by atoms with van der Waals surface area (Å²) in [6, 6.07) is 2.72. The monoisotopic (exact) mass is 688 g/mol. The second-order valence-corrected chi connectivity index (χ2v) is 14.3.